The lowest BCUT2D eigenvalue weighted by molar-refractivity contribution is -0.136. The molecule has 0 aliphatic heterocycles. The first-order chi connectivity index (χ1) is 10.1. The number of carbonyl (C=O) groups excluding carboxylic acids is 1. The Morgan fingerprint density at radius 3 is 2.76 bits per heavy atom. The average Bonchev–Trinajstić information content (AvgIpc) is 2.98. The molecule has 0 fully saturated rings. The Hall–Kier alpha value is -2.18. The second kappa shape index (κ2) is 5.67. The maximum Gasteiger partial charge on any atom is 0.307 e. The van der Waals surface area contributed by atoms with E-state index in [-0.39, 0.29) is 12.3 Å². The second-order valence-corrected chi connectivity index (χ2v) is 6.52. The number of thiophene rings is 2. The Bertz CT molecular complexity index is 791. The predicted octanol–water partition coefficient (Wildman–Crippen LogP) is 3.84. The molecule has 4 nitrogen and oxygen atoms in total. The molecule has 0 aliphatic carbocycles. The normalized spacial score (nSPS) is 10.7. The molecular formula is C15H11NO3S2. The van der Waals surface area contributed by atoms with Crippen molar-refractivity contribution in [2.24, 2.45) is 0 Å². The van der Waals surface area contributed by atoms with Crippen LogP contribution in [-0.2, 0) is 11.2 Å². The highest BCUT2D eigenvalue weighted by molar-refractivity contribution is 7.27. The third-order valence-electron chi connectivity index (χ3n) is 2.90. The maximum absolute atomic E-state index is 12.2. The van der Waals surface area contributed by atoms with E-state index < -0.39 is 5.97 Å². The lowest BCUT2D eigenvalue weighted by atomic mass is 10.1. The molecule has 0 atom stereocenters. The first kappa shape index (κ1) is 13.8. The fourth-order valence-corrected chi connectivity index (χ4v) is 4.01. The van der Waals surface area contributed by atoms with Crippen LogP contribution in [0.1, 0.15) is 15.2 Å². The van der Waals surface area contributed by atoms with Crippen LogP contribution < -0.4 is 5.32 Å². The average molecular weight is 317 g/mol. The number of benzene rings is 1. The van der Waals surface area contributed by atoms with E-state index in [0.29, 0.717) is 16.1 Å². The molecule has 2 N–H and O–H groups in total. The van der Waals surface area contributed by atoms with E-state index >= 15 is 0 Å². The van der Waals surface area contributed by atoms with Gasteiger partial charge in [0.2, 0.25) is 0 Å². The summed E-state index contributed by atoms with van der Waals surface area (Å²) in [4.78, 5) is 23.6. The molecule has 0 radical (unpaired) electrons. The summed E-state index contributed by atoms with van der Waals surface area (Å²) >= 11 is 3.06. The van der Waals surface area contributed by atoms with Gasteiger partial charge in [-0.2, -0.15) is 0 Å². The van der Waals surface area contributed by atoms with Crippen molar-refractivity contribution in [2.75, 3.05) is 5.32 Å². The van der Waals surface area contributed by atoms with E-state index in [0.717, 1.165) is 9.40 Å². The predicted molar refractivity (Wildman–Crippen MR) is 85.4 cm³/mol. The van der Waals surface area contributed by atoms with Crippen molar-refractivity contribution in [2.45, 2.75) is 6.42 Å². The van der Waals surface area contributed by atoms with Crippen molar-refractivity contribution < 1.29 is 14.7 Å². The van der Waals surface area contributed by atoms with Gasteiger partial charge in [-0.05, 0) is 35.2 Å². The summed E-state index contributed by atoms with van der Waals surface area (Å²) in [6.45, 7) is 0. The summed E-state index contributed by atoms with van der Waals surface area (Å²) in [6, 6.07) is 10.8. The number of carboxylic acids is 1. The molecule has 0 spiro atoms. The number of amides is 1. The number of aliphatic carboxylic acids is 1. The maximum atomic E-state index is 12.2. The van der Waals surface area contributed by atoms with E-state index in [1.165, 1.54) is 11.3 Å². The highest BCUT2D eigenvalue weighted by Crippen LogP contribution is 2.30. The first-order valence-electron chi connectivity index (χ1n) is 6.21. The Morgan fingerprint density at radius 1 is 1.14 bits per heavy atom. The molecule has 0 saturated heterocycles. The number of nitrogens with one attached hydrogen (secondary N) is 1. The molecule has 2 aromatic heterocycles. The molecule has 3 rings (SSSR count). The van der Waals surface area contributed by atoms with Crippen LogP contribution in [0.2, 0.25) is 0 Å². The Kier molecular flexibility index (Phi) is 3.72. The van der Waals surface area contributed by atoms with E-state index in [1.54, 1.807) is 35.6 Å². The smallest absolute Gasteiger partial charge is 0.307 e. The number of hydrogen-bond acceptors (Lipinski definition) is 4. The molecule has 106 valence electrons. The second-order valence-electron chi connectivity index (χ2n) is 4.48. The van der Waals surface area contributed by atoms with Gasteiger partial charge in [0, 0.05) is 15.1 Å². The zero-order chi connectivity index (χ0) is 14.8. The summed E-state index contributed by atoms with van der Waals surface area (Å²) < 4.78 is 2.20. The van der Waals surface area contributed by atoms with Gasteiger partial charge in [-0.25, -0.2) is 0 Å². The van der Waals surface area contributed by atoms with Crippen LogP contribution in [-0.4, -0.2) is 17.0 Å². The van der Waals surface area contributed by atoms with Gasteiger partial charge in [-0.3, -0.25) is 9.59 Å². The molecule has 0 saturated carbocycles. The third-order valence-corrected chi connectivity index (χ3v) is 5.00. The monoisotopic (exact) mass is 317 g/mol. The molecule has 0 unspecified atom stereocenters. The summed E-state index contributed by atoms with van der Waals surface area (Å²) in [5.41, 5.74) is 1.27. The van der Waals surface area contributed by atoms with Crippen LogP contribution in [0, 0.1) is 0 Å². The topological polar surface area (TPSA) is 66.4 Å². The number of fused-ring (bicyclic) bond motifs is 1. The Morgan fingerprint density at radius 2 is 2.00 bits per heavy atom. The molecule has 3 aromatic rings. The summed E-state index contributed by atoms with van der Waals surface area (Å²) in [6.07, 6.45) is -0.0571. The molecule has 6 heteroatoms. The van der Waals surface area contributed by atoms with Crippen LogP contribution in [0.5, 0.6) is 0 Å². The van der Waals surface area contributed by atoms with E-state index in [2.05, 4.69) is 5.32 Å². The van der Waals surface area contributed by atoms with Crippen molar-refractivity contribution in [1.29, 1.82) is 0 Å². The van der Waals surface area contributed by atoms with Crippen LogP contribution in [0.3, 0.4) is 0 Å². The van der Waals surface area contributed by atoms with Crippen LogP contribution in [0.25, 0.3) is 9.40 Å². The van der Waals surface area contributed by atoms with Crippen molar-refractivity contribution >= 4 is 49.6 Å². The number of carboxylic acid groups (broad SMARTS) is 1. The van der Waals surface area contributed by atoms with Crippen molar-refractivity contribution in [3.8, 4) is 0 Å². The van der Waals surface area contributed by atoms with Gasteiger partial charge < -0.3 is 10.4 Å². The fraction of sp³-hybridized carbons (Fsp3) is 0.0667. The number of anilines is 1. The zero-order valence-electron chi connectivity index (χ0n) is 10.8. The van der Waals surface area contributed by atoms with Gasteiger partial charge >= 0.3 is 5.97 Å². The highest BCUT2D eigenvalue weighted by Gasteiger charge is 2.11. The van der Waals surface area contributed by atoms with Crippen molar-refractivity contribution in [1.82, 2.24) is 0 Å². The van der Waals surface area contributed by atoms with E-state index in [4.69, 9.17) is 5.11 Å². The van der Waals surface area contributed by atoms with E-state index in [1.807, 2.05) is 17.5 Å². The van der Waals surface area contributed by atoms with Gasteiger partial charge in [-0.1, -0.05) is 12.1 Å². The number of hydrogen-bond donors (Lipinski definition) is 2. The largest absolute Gasteiger partial charge is 0.481 e. The minimum Gasteiger partial charge on any atom is -0.481 e. The number of rotatable bonds is 4. The minimum absolute atomic E-state index is 0.0571. The summed E-state index contributed by atoms with van der Waals surface area (Å²) in [7, 11) is 0. The molecule has 0 bridgehead atoms. The lowest BCUT2D eigenvalue weighted by Gasteiger charge is -2.05. The van der Waals surface area contributed by atoms with Gasteiger partial charge in [-0.15, -0.1) is 22.7 Å². The van der Waals surface area contributed by atoms with Crippen LogP contribution in [0.15, 0.2) is 41.8 Å². The standard InChI is InChI=1S/C15H11NO3S2/c17-14(18)7-9-2-1-3-10(6-9)16-15(19)13-8-12-11(21-13)4-5-20-12/h1-6,8H,7H2,(H,16,19)(H,17,18). The summed E-state index contributed by atoms with van der Waals surface area (Å²) in [5.74, 6) is -1.06. The van der Waals surface area contributed by atoms with Crippen molar-refractivity contribution in [3.63, 3.8) is 0 Å². The van der Waals surface area contributed by atoms with Gasteiger partial charge in [0.15, 0.2) is 0 Å². The Balaban J connectivity index is 1.77. The quantitative estimate of drug-likeness (QED) is 0.768. The van der Waals surface area contributed by atoms with Crippen LogP contribution in [0.4, 0.5) is 5.69 Å². The molecule has 2 heterocycles. The summed E-state index contributed by atoms with van der Waals surface area (Å²) in [5, 5.41) is 13.6. The molecule has 1 amide bonds. The third kappa shape index (κ3) is 3.12. The van der Waals surface area contributed by atoms with Gasteiger partial charge in [0.25, 0.3) is 5.91 Å². The molecule has 1 aromatic carbocycles. The molecular weight excluding hydrogens is 306 g/mol. The first-order valence-corrected chi connectivity index (χ1v) is 7.90. The Labute approximate surface area is 128 Å². The minimum atomic E-state index is -0.892. The van der Waals surface area contributed by atoms with Gasteiger partial charge in [0.05, 0.1) is 11.3 Å². The van der Waals surface area contributed by atoms with E-state index in [9.17, 15) is 9.59 Å². The van der Waals surface area contributed by atoms with Crippen LogP contribution >= 0.6 is 22.7 Å². The molecule has 0 aliphatic rings. The SMILES string of the molecule is O=C(O)Cc1cccc(NC(=O)c2cc3sccc3s2)c1. The zero-order valence-corrected chi connectivity index (χ0v) is 12.5. The number of carbonyl (C=O) groups is 2. The molecule has 21 heavy (non-hydrogen) atoms. The lowest BCUT2D eigenvalue weighted by Crippen LogP contribution is -2.10. The van der Waals surface area contributed by atoms with Crippen molar-refractivity contribution in [3.05, 3.63) is 52.2 Å². The highest BCUT2D eigenvalue weighted by atomic mass is 32.1. The van der Waals surface area contributed by atoms with Gasteiger partial charge in [0.1, 0.15) is 0 Å². The fourth-order valence-electron chi connectivity index (χ4n) is 2.00.